The highest BCUT2D eigenvalue weighted by atomic mass is 19.3. The van der Waals surface area contributed by atoms with E-state index in [2.05, 4.69) is 17.3 Å². The molecule has 4 rings (SSSR count). The maximum absolute atomic E-state index is 12.9. The van der Waals surface area contributed by atoms with E-state index in [1.807, 2.05) is 6.07 Å². The number of alkyl halides is 2. The molecule has 8 heteroatoms. The molecule has 1 aliphatic heterocycles. The van der Waals surface area contributed by atoms with Crippen LogP contribution < -0.4 is 5.32 Å². The van der Waals surface area contributed by atoms with Gasteiger partial charge in [-0.15, -0.1) is 0 Å². The molecule has 0 aromatic carbocycles. The normalized spacial score (nSPS) is 30.4. The number of nitrogens with zero attached hydrogens (tertiary/aromatic N) is 3. The summed E-state index contributed by atoms with van der Waals surface area (Å²) in [6.45, 7) is 3.01. The summed E-state index contributed by atoms with van der Waals surface area (Å²) in [6, 6.07) is 1.15. The molecule has 0 radical (unpaired) electrons. The van der Waals surface area contributed by atoms with Crippen LogP contribution in [0, 0.1) is 11.8 Å². The van der Waals surface area contributed by atoms with E-state index in [0.717, 1.165) is 12.1 Å². The molecule has 2 aliphatic carbocycles. The van der Waals surface area contributed by atoms with Gasteiger partial charge in [0.1, 0.15) is 0 Å². The summed E-state index contributed by atoms with van der Waals surface area (Å²) in [5.41, 5.74) is 0.904. The molecule has 25 heavy (non-hydrogen) atoms. The number of carbonyl (C=O) groups is 2. The zero-order valence-electron chi connectivity index (χ0n) is 14.1. The van der Waals surface area contributed by atoms with E-state index in [0.29, 0.717) is 19.0 Å². The summed E-state index contributed by atoms with van der Waals surface area (Å²) < 4.78 is 27.6. The SMILES string of the molecule is C[C@@H]1C[C@@H]1C(=O)N1Cc2ccnn2[C@@H](CC(=O)NC2CC(F)(F)C2)C1. The second-order valence-corrected chi connectivity index (χ2v) is 7.69. The Kier molecular flexibility index (Phi) is 3.81. The van der Waals surface area contributed by atoms with Gasteiger partial charge in [0.2, 0.25) is 11.8 Å². The Morgan fingerprint density at radius 1 is 1.40 bits per heavy atom. The van der Waals surface area contributed by atoms with Gasteiger partial charge < -0.3 is 10.2 Å². The summed E-state index contributed by atoms with van der Waals surface area (Å²) in [5.74, 6) is -2.24. The monoisotopic (exact) mass is 352 g/mol. The Balaban J connectivity index is 1.40. The van der Waals surface area contributed by atoms with Gasteiger partial charge in [0.15, 0.2) is 0 Å². The molecule has 3 atom stereocenters. The van der Waals surface area contributed by atoms with Crippen LogP contribution in [0.1, 0.15) is 44.3 Å². The lowest BCUT2D eigenvalue weighted by Crippen LogP contribution is -2.51. The minimum absolute atomic E-state index is 0.0983. The molecule has 2 saturated carbocycles. The molecular weight excluding hydrogens is 330 g/mol. The average molecular weight is 352 g/mol. The molecule has 2 fully saturated rings. The number of rotatable bonds is 4. The summed E-state index contributed by atoms with van der Waals surface area (Å²) in [6.07, 6.45) is 2.15. The molecule has 0 bridgehead atoms. The van der Waals surface area contributed by atoms with Crippen molar-refractivity contribution in [2.75, 3.05) is 6.54 Å². The zero-order chi connectivity index (χ0) is 17.8. The van der Waals surface area contributed by atoms with E-state index in [9.17, 15) is 18.4 Å². The maximum atomic E-state index is 12.9. The number of carbonyl (C=O) groups excluding carboxylic acids is 2. The van der Waals surface area contributed by atoms with Gasteiger partial charge in [0.05, 0.1) is 24.7 Å². The molecule has 136 valence electrons. The largest absolute Gasteiger partial charge is 0.353 e. The van der Waals surface area contributed by atoms with E-state index in [4.69, 9.17) is 0 Å². The molecule has 2 amide bonds. The first-order valence-electron chi connectivity index (χ1n) is 8.81. The summed E-state index contributed by atoms with van der Waals surface area (Å²) >= 11 is 0. The van der Waals surface area contributed by atoms with Crippen molar-refractivity contribution in [2.45, 2.75) is 57.2 Å². The van der Waals surface area contributed by atoms with Crippen LogP contribution in [0.25, 0.3) is 0 Å². The van der Waals surface area contributed by atoms with Crippen molar-refractivity contribution >= 4 is 11.8 Å². The van der Waals surface area contributed by atoms with Crippen molar-refractivity contribution in [2.24, 2.45) is 11.8 Å². The van der Waals surface area contributed by atoms with Crippen LogP contribution in [-0.4, -0.2) is 45.0 Å². The molecule has 6 nitrogen and oxygen atoms in total. The van der Waals surface area contributed by atoms with Crippen molar-refractivity contribution in [1.29, 1.82) is 0 Å². The number of amides is 2. The first-order chi connectivity index (χ1) is 11.8. The molecule has 1 aromatic rings. The standard InChI is InChI=1S/C17H22F2N4O2/c1-10-4-14(10)16(25)22-8-12-2-3-20-23(12)13(9-22)5-15(24)21-11-6-17(18,19)7-11/h2-3,10-11,13-14H,4-9H2,1H3,(H,21,24)/t10-,13+,14+/m1/s1. The Hall–Kier alpha value is -1.99. The Morgan fingerprint density at radius 2 is 2.12 bits per heavy atom. The Morgan fingerprint density at radius 3 is 2.76 bits per heavy atom. The van der Waals surface area contributed by atoms with Crippen LogP contribution >= 0.6 is 0 Å². The van der Waals surface area contributed by atoms with Crippen molar-refractivity contribution in [3.05, 3.63) is 18.0 Å². The van der Waals surface area contributed by atoms with E-state index < -0.39 is 12.0 Å². The van der Waals surface area contributed by atoms with Crippen LogP contribution in [0.2, 0.25) is 0 Å². The fourth-order valence-electron chi connectivity index (χ4n) is 3.87. The second kappa shape index (κ2) is 5.78. The van der Waals surface area contributed by atoms with Gasteiger partial charge >= 0.3 is 0 Å². The van der Waals surface area contributed by atoms with Crippen LogP contribution in [-0.2, 0) is 16.1 Å². The number of fused-ring (bicyclic) bond motifs is 1. The highest BCUT2D eigenvalue weighted by molar-refractivity contribution is 5.82. The van der Waals surface area contributed by atoms with Gasteiger partial charge in [0.25, 0.3) is 5.92 Å². The molecule has 0 saturated heterocycles. The Labute approximate surface area is 144 Å². The first kappa shape index (κ1) is 16.5. The molecule has 1 aromatic heterocycles. The van der Waals surface area contributed by atoms with Gasteiger partial charge in [-0.3, -0.25) is 14.3 Å². The summed E-state index contributed by atoms with van der Waals surface area (Å²) in [4.78, 5) is 26.6. The van der Waals surface area contributed by atoms with Gasteiger partial charge in [-0.25, -0.2) is 8.78 Å². The second-order valence-electron chi connectivity index (χ2n) is 7.69. The van der Waals surface area contributed by atoms with Crippen molar-refractivity contribution in [3.8, 4) is 0 Å². The predicted octanol–water partition coefficient (Wildman–Crippen LogP) is 1.73. The van der Waals surface area contributed by atoms with Crippen LogP contribution in [0.3, 0.4) is 0 Å². The number of hydrogen-bond donors (Lipinski definition) is 1. The molecule has 2 heterocycles. The van der Waals surface area contributed by atoms with Crippen molar-refractivity contribution in [3.63, 3.8) is 0 Å². The highest BCUT2D eigenvalue weighted by Crippen LogP contribution is 2.40. The number of nitrogens with one attached hydrogen (secondary N) is 1. The molecule has 0 unspecified atom stereocenters. The van der Waals surface area contributed by atoms with Crippen LogP contribution in [0.15, 0.2) is 12.3 Å². The molecule has 1 N–H and O–H groups in total. The average Bonchev–Trinajstić information content (AvgIpc) is 3.05. The minimum Gasteiger partial charge on any atom is -0.353 e. The lowest BCUT2D eigenvalue weighted by molar-refractivity contribution is -0.137. The lowest BCUT2D eigenvalue weighted by atomic mass is 9.88. The van der Waals surface area contributed by atoms with E-state index in [-0.39, 0.29) is 43.0 Å². The number of aromatic nitrogens is 2. The van der Waals surface area contributed by atoms with Crippen LogP contribution in [0.4, 0.5) is 8.78 Å². The fraction of sp³-hybridized carbons (Fsp3) is 0.706. The van der Waals surface area contributed by atoms with Crippen LogP contribution in [0.5, 0.6) is 0 Å². The van der Waals surface area contributed by atoms with Gasteiger partial charge in [-0.2, -0.15) is 5.10 Å². The molecule has 3 aliphatic rings. The summed E-state index contributed by atoms with van der Waals surface area (Å²) in [7, 11) is 0. The number of halogens is 2. The third kappa shape index (κ3) is 3.26. The lowest BCUT2D eigenvalue weighted by Gasteiger charge is -2.37. The van der Waals surface area contributed by atoms with Crippen molar-refractivity contribution < 1.29 is 18.4 Å². The van der Waals surface area contributed by atoms with Gasteiger partial charge in [-0.05, 0) is 18.4 Å². The van der Waals surface area contributed by atoms with Crippen molar-refractivity contribution in [1.82, 2.24) is 20.0 Å². The first-order valence-corrected chi connectivity index (χ1v) is 8.81. The topological polar surface area (TPSA) is 67.2 Å². The smallest absolute Gasteiger partial charge is 0.252 e. The van der Waals surface area contributed by atoms with Gasteiger partial charge in [0, 0.05) is 37.5 Å². The maximum Gasteiger partial charge on any atom is 0.252 e. The highest BCUT2D eigenvalue weighted by Gasteiger charge is 2.46. The molecule has 0 spiro atoms. The number of hydrogen-bond acceptors (Lipinski definition) is 3. The fourth-order valence-corrected chi connectivity index (χ4v) is 3.87. The Bertz CT molecular complexity index is 697. The van der Waals surface area contributed by atoms with E-state index in [1.54, 1.807) is 15.8 Å². The molecular formula is C17H22F2N4O2. The third-order valence-electron chi connectivity index (χ3n) is 5.50. The van der Waals surface area contributed by atoms with E-state index in [1.165, 1.54) is 0 Å². The van der Waals surface area contributed by atoms with Gasteiger partial charge in [-0.1, -0.05) is 6.92 Å². The minimum atomic E-state index is -2.65. The predicted molar refractivity (Wildman–Crippen MR) is 84.7 cm³/mol. The zero-order valence-corrected chi connectivity index (χ0v) is 14.1. The quantitative estimate of drug-likeness (QED) is 0.897. The van der Waals surface area contributed by atoms with E-state index >= 15 is 0 Å². The summed E-state index contributed by atoms with van der Waals surface area (Å²) in [5, 5.41) is 6.94. The third-order valence-corrected chi connectivity index (χ3v) is 5.50.